The Balaban J connectivity index is 2.63. The second-order valence-corrected chi connectivity index (χ2v) is 6.42. The fourth-order valence-corrected chi connectivity index (χ4v) is 3.18. The van der Waals surface area contributed by atoms with Gasteiger partial charge in [-0.3, -0.25) is 0 Å². The van der Waals surface area contributed by atoms with Crippen LogP contribution in [0.5, 0.6) is 0 Å². The Labute approximate surface area is 113 Å². The highest BCUT2D eigenvalue weighted by atomic mass is 32.2. The number of unbranched alkanes of at least 4 members (excludes halogenated alkanes) is 1. The minimum atomic E-state index is -3.47. The Morgan fingerprint density at radius 3 is 2.83 bits per heavy atom. The molecule has 0 unspecified atom stereocenters. The molecule has 0 saturated carbocycles. The molecule has 102 valence electrons. The number of pyridine rings is 1. The molecule has 1 aromatic rings. The molecule has 5 nitrogen and oxygen atoms in total. The molecule has 0 radical (unpaired) electrons. The standard InChI is InChI=1S/C11H19N3O2S2/c1-12-11-10(6-5-7-13-11)18(15,16)14-8-3-4-9-17-2/h5-7,14H,3-4,8-9H2,1-2H3,(H,12,13). The molecule has 7 heteroatoms. The van der Waals surface area contributed by atoms with Crippen LogP contribution in [-0.4, -0.2) is 39.0 Å². The molecule has 2 N–H and O–H groups in total. The summed E-state index contributed by atoms with van der Waals surface area (Å²) in [4.78, 5) is 4.18. The van der Waals surface area contributed by atoms with Crippen LogP contribution in [0.25, 0.3) is 0 Å². The van der Waals surface area contributed by atoms with E-state index in [0.29, 0.717) is 12.4 Å². The third-order valence-electron chi connectivity index (χ3n) is 2.36. The van der Waals surface area contributed by atoms with Crippen molar-refractivity contribution in [2.24, 2.45) is 0 Å². The van der Waals surface area contributed by atoms with Crippen LogP contribution in [0.15, 0.2) is 23.2 Å². The number of aromatic nitrogens is 1. The van der Waals surface area contributed by atoms with Crippen molar-refractivity contribution < 1.29 is 8.42 Å². The Morgan fingerprint density at radius 2 is 2.17 bits per heavy atom. The minimum absolute atomic E-state index is 0.192. The van der Waals surface area contributed by atoms with Gasteiger partial charge in [-0.25, -0.2) is 18.1 Å². The number of anilines is 1. The molecule has 0 spiro atoms. The molecule has 0 aliphatic heterocycles. The van der Waals surface area contributed by atoms with Crippen molar-refractivity contribution in [2.45, 2.75) is 17.7 Å². The molecule has 0 bridgehead atoms. The summed E-state index contributed by atoms with van der Waals surface area (Å²) in [5, 5.41) is 2.78. The van der Waals surface area contributed by atoms with Crippen LogP contribution >= 0.6 is 11.8 Å². The lowest BCUT2D eigenvalue weighted by atomic mass is 10.3. The van der Waals surface area contributed by atoms with Crippen molar-refractivity contribution >= 4 is 27.6 Å². The van der Waals surface area contributed by atoms with Gasteiger partial charge in [-0.2, -0.15) is 11.8 Å². The average Bonchev–Trinajstić information content (AvgIpc) is 2.38. The van der Waals surface area contributed by atoms with Gasteiger partial charge in [-0.1, -0.05) is 0 Å². The molecule has 0 aliphatic rings. The largest absolute Gasteiger partial charge is 0.372 e. The van der Waals surface area contributed by atoms with E-state index >= 15 is 0 Å². The van der Waals surface area contributed by atoms with E-state index in [4.69, 9.17) is 0 Å². The van der Waals surface area contributed by atoms with E-state index in [1.165, 1.54) is 0 Å². The second kappa shape index (κ2) is 7.60. The molecule has 1 rings (SSSR count). The Hall–Kier alpha value is -0.790. The maximum atomic E-state index is 12.0. The second-order valence-electron chi connectivity index (χ2n) is 3.70. The molecule has 0 amide bonds. The Bertz CT molecular complexity index is 463. The topological polar surface area (TPSA) is 71.1 Å². The number of nitrogens with one attached hydrogen (secondary N) is 2. The van der Waals surface area contributed by atoms with Gasteiger partial charge in [0.1, 0.15) is 10.7 Å². The highest BCUT2D eigenvalue weighted by molar-refractivity contribution is 7.98. The first-order valence-corrected chi connectivity index (χ1v) is 8.61. The molecule has 1 aromatic heterocycles. The van der Waals surface area contributed by atoms with Crippen LogP contribution in [0.3, 0.4) is 0 Å². The van der Waals surface area contributed by atoms with Crippen LogP contribution in [0, 0.1) is 0 Å². The monoisotopic (exact) mass is 289 g/mol. The highest BCUT2D eigenvalue weighted by Gasteiger charge is 2.17. The van der Waals surface area contributed by atoms with Gasteiger partial charge in [0.15, 0.2) is 0 Å². The van der Waals surface area contributed by atoms with Gasteiger partial charge in [0.2, 0.25) is 10.0 Å². The smallest absolute Gasteiger partial charge is 0.244 e. The number of hydrogen-bond acceptors (Lipinski definition) is 5. The fraction of sp³-hybridized carbons (Fsp3) is 0.545. The molecule has 0 saturated heterocycles. The predicted molar refractivity (Wildman–Crippen MR) is 76.6 cm³/mol. The summed E-state index contributed by atoms with van der Waals surface area (Å²) in [5.74, 6) is 1.42. The summed E-state index contributed by atoms with van der Waals surface area (Å²) in [6, 6.07) is 3.16. The summed E-state index contributed by atoms with van der Waals surface area (Å²) in [6.07, 6.45) is 5.45. The third-order valence-corrected chi connectivity index (χ3v) is 4.55. The van der Waals surface area contributed by atoms with E-state index in [0.717, 1.165) is 18.6 Å². The lowest BCUT2D eigenvalue weighted by Crippen LogP contribution is -2.25. The summed E-state index contributed by atoms with van der Waals surface area (Å²) in [7, 11) is -1.82. The lowest BCUT2D eigenvalue weighted by molar-refractivity contribution is 0.578. The molecule has 18 heavy (non-hydrogen) atoms. The van der Waals surface area contributed by atoms with Crippen LogP contribution in [0.1, 0.15) is 12.8 Å². The number of sulfonamides is 1. The van der Waals surface area contributed by atoms with E-state index in [1.54, 1.807) is 37.1 Å². The predicted octanol–water partition coefficient (Wildman–Crippen LogP) is 1.54. The zero-order chi connectivity index (χ0) is 13.4. The van der Waals surface area contributed by atoms with Crippen molar-refractivity contribution in [3.8, 4) is 0 Å². The van der Waals surface area contributed by atoms with Gasteiger partial charge >= 0.3 is 0 Å². The summed E-state index contributed by atoms with van der Waals surface area (Å²) in [5.41, 5.74) is 0. The quantitative estimate of drug-likeness (QED) is 0.710. The van der Waals surface area contributed by atoms with E-state index in [-0.39, 0.29) is 4.90 Å². The van der Waals surface area contributed by atoms with Gasteiger partial charge in [0, 0.05) is 19.8 Å². The number of nitrogens with zero attached hydrogens (tertiary/aromatic N) is 1. The first kappa shape index (κ1) is 15.3. The van der Waals surface area contributed by atoms with Gasteiger partial charge in [0.25, 0.3) is 0 Å². The van der Waals surface area contributed by atoms with E-state index in [1.807, 2.05) is 6.26 Å². The van der Waals surface area contributed by atoms with Gasteiger partial charge < -0.3 is 5.32 Å². The molecule has 0 fully saturated rings. The molecule has 1 heterocycles. The van der Waals surface area contributed by atoms with Gasteiger partial charge in [-0.15, -0.1) is 0 Å². The SMILES string of the molecule is CNc1ncccc1S(=O)(=O)NCCCCSC. The van der Waals surface area contributed by atoms with E-state index in [2.05, 4.69) is 15.0 Å². The van der Waals surface area contributed by atoms with Crippen LogP contribution < -0.4 is 10.0 Å². The third kappa shape index (κ3) is 4.47. The van der Waals surface area contributed by atoms with Gasteiger partial charge in [-0.05, 0) is 37.0 Å². The maximum Gasteiger partial charge on any atom is 0.244 e. The van der Waals surface area contributed by atoms with Crippen LogP contribution in [-0.2, 0) is 10.0 Å². The van der Waals surface area contributed by atoms with Crippen molar-refractivity contribution in [1.82, 2.24) is 9.71 Å². The van der Waals surface area contributed by atoms with Crippen molar-refractivity contribution in [1.29, 1.82) is 0 Å². The molecular formula is C11H19N3O2S2. The fourth-order valence-electron chi connectivity index (χ4n) is 1.45. The van der Waals surface area contributed by atoms with E-state index < -0.39 is 10.0 Å². The van der Waals surface area contributed by atoms with Crippen LogP contribution in [0.4, 0.5) is 5.82 Å². The Morgan fingerprint density at radius 1 is 1.39 bits per heavy atom. The summed E-state index contributed by atoms with van der Waals surface area (Å²) >= 11 is 1.76. The molecule has 0 aromatic carbocycles. The number of hydrogen-bond donors (Lipinski definition) is 2. The zero-order valence-electron chi connectivity index (χ0n) is 10.6. The first-order valence-electron chi connectivity index (χ1n) is 5.73. The van der Waals surface area contributed by atoms with Crippen LogP contribution in [0.2, 0.25) is 0 Å². The molecular weight excluding hydrogens is 270 g/mol. The highest BCUT2D eigenvalue weighted by Crippen LogP contribution is 2.16. The Kier molecular flexibility index (Phi) is 6.45. The number of thioether (sulfide) groups is 1. The lowest BCUT2D eigenvalue weighted by Gasteiger charge is -2.09. The number of rotatable bonds is 8. The first-order chi connectivity index (χ1) is 8.61. The van der Waals surface area contributed by atoms with Gasteiger partial charge in [0.05, 0.1) is 0 Å². The molecule has 0 aliphatic carbocycles. The molecule has 0 atom stereocenters. The van der Waals surface area contributed by atoms with E-state index in [9.17, 15) is 8.42 Å². The average molecular weight is 289 g/mol. The summed E-state index contributed by atoms with van der Waals surface area (Å²) in [6.45, 7) is 0.459. The maximum absolute atomic E-state index is 12.0. The van der Waals surface area contributed by atoms with Crippen molar-refractivity contribution in [3.05, 3.63) is 18.3 Å². The van der Waals surface area contributed by atoms with Crippen molar-refractivity contribution in [2.75, 3.05) is 30.9 Å². The summed E-state index contributed by atoms with van der Waals surface area (Å²) < 4.78 is 26.7. The van der Waals surface area contributed by atoms with Crippen molar-refractivity contribution in [3.63, 3.8) is 0 Å². The zero-order valence-corrected chi connectivity index (χ0v) is 12.3. The normalized spacial score (nSPS) is 11.4. The minimum Gasteiger partial charge on any atom is -0.372 e.